The zero-order valence-electron chi connectivity index (χ0n) is 13.5. The number of fused-ring (bicyclic) bond motifs is 1. The zero-order chi connectivity index (χ0) is 16.9. The van der Waals surface area contributed by atoms with E-state index in [1.165, 1.54) is 5.56 Å². The molecule has 0 bridgehead atoms. The first-order valence-corrected chi connectivity index (χ1v) is 9.02. The number of nitrogens with one attached hydrogen (secondary N) is 2. The van der Waals surface area contributed by atoms with Crippen molar-refractivity contribution in [2.75, 3.05) is 17.6 Å². The van der Waals surface area contributed by atoms with Crippen molar-refractivity contribution in [1.29, 1.82) is 0 Å². The first-order valence-electron chi connectivity index (χ1n) is 8.03. The number of hydrogen-bond acceptors (Lipinski definition) is 3. The van der Waals surface area contributed by atoms with Gasteiger partial charge in [0, 0.05) is 29.2 Å². The Morgan fingerprint density at radius 3 is 2.83 bits per heavy atom. The summed E-state index contributed by atoms with van der Waals surface area (Å²) >= 11 is 1.63. The van der Waals surface area contributed by atoms with Gasteiger partial charge >= 0.3 is 0 Å². The van der Waals surface area contributed by atoms with Gasteiger partial charge in [-0.3, -0.25) is 9.59 Å². The van der Waals surface area contributed by atoms with Gasteiger partial charge in [0.25, 0.3) is 5.91 Å². The fraction of sp³-hybridized carbons (Fsp3) is 0.263. The summed E-state index contributed by atoms with van der Waals surface area (Å²) in [5.41, 5.74) is 2.49. The van der Waals surface area contributed by atoms with E-state index in [1.807, 2.05) is 30.3 Å². The van der Waals surface area contributed by atoms with E-state index < -0.39 is 0 Å². The standard InChI is InChI=1S/C19H20N2O2S/c1-13(14-5-3-2-4-6-14)12-20-19(23)15-7-8-17-16(11-15)21-18(22)9-10-24-17/h2-8,11,13H,9-10,12H2,1H3,(H,20,23)(H,21,22). The minimum atomic E-state index is -0.121. The average Bonchev–Trinajstić information content (AvgIpc) is 2.79. The van der Waals surface area contributed by atoms with Crippen molar-refractivity contribution in [1.82, 2.24) is 5.32 Å². The maximum atomic E-state index is 12.4. The van der Waals surface area contributed by atoms with Crippen LogP contribution in [0.1, 0.15) is 35.2 Å². The van der Waals surface area contributed by atoms with Crippen molar-refractivity contribution in [3.05, 3.63) is 59.7 Å². The third-order valence-electron chi connectivity index (χ3n) is 4.04. The second-order valence-electron chi connectivity index (χ2n) is 5.88. The Bertz CT molecular complexity index is 746. The quantitative estimate of drug-likeness (QED) is 0.893. The van der Waals surface area contributed by atoms with Gasteiger partial charge in [0.2, 0.25) is 5.91 Å². The molecule has 1 atom stereocenters. The Morgan fingerprint density at radius 1 is 1.25 bits per heavy atom. The van der Waals surface area contributed by atoms with E-state index >= 15 is 0 Å². The van der Waals surface area contributed by atoms with Gasteiger partial charge in [-0.25, -0.2) is 0 Å². The molecule has 0 saturated heterocycles. The normalized spacial score (nSPS) is 15.0. The third kappa shape index (κ3) is 3.97. The lowest BCUT2D eigenvalue weighted by Gasteiger charge is -2.14. The molecule has 1 aliphatic heterocycles. The third-order valence-corrected chi connectivity index (χ3v) is 5.12. The molecule has 1 aliphatic rings. The molecule has 3 rings (SSSR count). The molecule has 2 amide bonds. The molecule has 24 heavy (non-hydrogen) atoms. The highest BCUT2D eigenvalue weighted by atomic mass is 32.2. The molecule has 1 unspecified atom stereocenters. The lowest BCUT2D eigenvalue weighted by molar-refractivity contribution is -0.115. The van der Waals surface area contributed by atoms with Crippen molar-refractivity contribution < 1.29 is 9.59 Å². The number of thioether (sulfide) groups is 1. The number of amides is 2. The van der Waals surface area contributed by atoms with E-state index in [0.717, 1.165) is 16.3 Å². The van der Waals surface area contributed by atoms with Crippen LogP contribution in [0.4, 0.5) is 5.69 Å². The minimum Gasteiger partial charge on any atom is -0.351 e. The lowest BCUT2D eigenvalue weighted by Crippen LogP contribution is -2.27. The van der Waals surface area contributed by atoms with Crippen molar-refractivity contribution in [3.63, 3.8) is 0 Å². The van der Waals surface area contributed by atoms with Gasteiger partial charge in [-0.05, 0) is 29.7 Å². The molecule has 4 nitrogen and oxygen atoms in total. The number of anilines is 1. The van der Waals surface area contributed by atoms with Crippen LogP contribution >= 0.6 is 11.8 Å². The van der Waals surface area contributed by atoms with Gasteiger partial charge < -0.3 is 10.6 Å². The zero-order valence-corrected chi connectivity index (χ0v) is 14.4. The number of benzene rings is 2. The second-order valence-corrected chi connectivity index (χ2v) is 7.02. The van der Waals surface area contributed by atoms with Crippen LogP contribution in [0.15, 0.2) is 53.4 Å². The highest BCUT2D eigenvalue weighted by Gasteiger charge is 2.16. The molecule has 0 radical (unpaired) electrons. The van der Waals surface area contributed by atoms with Gasteiger partial charge in [-0.15, -0.1) is 11.8 Å². The van der Waals surface area contributed by atoms with Crippen LogP contribution in [0, 0.1) is 0 Å². The van der Waals surface area contributed by atoms with Gasteiger partial charge in [0.05, 0.1) is 5.69 Å². The van der Waals surface area contributed by atoms with E-state index in [-0.39, 0.29) is 17.7 Å². The molecule has 0 aromatic heterocycles. The number of carbonyl (C=O) groups is 2. The topological polar surface area (TPSA) is 58.2 Å². The van der Waals surface area contributed by atoms with E-state index in [2.05, 4.69) is 29.7 Å². The van der Waals surface area contributed by atoms with Crippen LogP contribution in [0.5, 0.6) is 0 Å². The van der Waals surface area contributed by atoms with Crippen molar-refractivity contribution in [2.24, 2.45) is 0 Å². The Kier molecular flexibility index (Phi) is 5.20. The molecular weight excluding hydrogens is 320 g/mol. The van der Waals surface area contributed by atoms with Crippen LogP contribution in [0.3, 0.4) is 0 Å². The van der Waals surface area contributed by atoms with Crippen LogP contribution in [-0.2, 0) is 4.79 Å². The summed E-state index contributed by atoms with van der Waals surface area (Å²) in [5.74, 6) is 0.880. The van der Waals surface area contributed by atoms with E-state index in [0.29, 0.717) is 18.5 Å². The Morgan fingerprint density at radius 2 is 2.04 bits per heavy atom. The smallest absolute Gasteiger partial charge is 0.251 e. The fourth-order valence-corrected chi connectivity index (χ4v) is 3.55. The largest absolute Gasteiger partial charge is 0.351 e. The predicted octanol–water partition coefficient (Wildman–Crippen LogP) is 3.65. The van der Waals surface area contributed by atoms with E-state index in [1.54, 1.807) is 17.8 Å². The maximum absolute atomic E-state index is 12.4. The summed E-state index contributed by atoms with van der Waals surface area (Å²) in [6.45, 7) is 2.66. The van der Waals surface area contributed by atoms with E-state index in [4.69, 9.17) is 0 Å². The van der Waals surface area contributed by atoms with Crippen molar-refractivity contribution in [3.8, 4) is 0 Å². The molecule has 0 spiro atoms. The summed E-state index contributed by atoms with van der Waals surface area (Å²) in [6, 6.07) is 15.6. The second kappa shape index (κ2) is 7.53. The molecule has 2 N–H and O–H groups in total. The highest BCUT2D eigenvalue weighted by Crippen LogP contribution is 2.31. The van der Waals surface area contributed by atoms with Gasteiger partial charge in [0.15, 0.2) is 0 Å². The summed E-state index contributed by atoms with van der Waals surface area (Å²) in [6.07, 6.45) is 0.496. The molecule has 0 saturated carbocycles. The molecular formula is C19H20N2O2S. The maximum Gasteiger partial charge on any atom is 0.251 e. The highest BCUT2D eigenvalue weighted by molar-refractivity contribution is 7.99. The molecule has 124 valence electrons. The van der Waals surface area contributed by atoms with Gasteiger partial charge in [-0.1, -0.05) is 37.3 Å². The molecule has 0 fully saturated rings. The summed E-state index contributed by atoms with van der Waals surface area (Å²) < 4.78 is 0. The summed E-state index contributed by atoms with van der Waals surface area (Å²) in [5, 5.41) is 5.84. The van der Waals surface area contributed by atoms with Gasteiger partial charge in [0.1, 0.15) is 0 Å². The molecule has 2 aromatic carbocycles. The predicted molar refractivity (Wildman–Crippen MR) is 97.6 cm³/mol. The Labute approximate surface area is 146 Å². The summed E-state index contributed by atoms with van der Waals surface area (Å²) in [7, 11) is 0. The lowest BCUT2D eigenvalue weighted by atomic mass is 10.0. The van der Waals surface area contributed by atoms with Crippen molar-refractivity contribution >= 4 is 29.3 Å². The number of carbonyl (C=O) groups excluding carboxylic acids is 2. The van der Waals surface area contributed by atoms with Crippen LogP contribution in [0.25, 0.3) is 0 Å². The first-order chi connectivity index (χ1) is 11.6. The monoisotopic (exact) mass is 340 g/mol. The van der Waals surface area contributed by atoms with Crippen LogP contribution in [-0.4, -0.2) is 24.1 Å². The summed E-state index contributed by atoms with van der Waals surface area (Å²) in [4.78, 5) is 25.1. The SMILES string of the molecule is CC(CNC(=O)c1ccc2c(c1)NC(=O)CCS2)c1ccccc1. The fourth-order valence-electron chi connectivity index (χ4n) is 2.61. The van der Waals surface area contributed by atoms with Gasteiger partial charge in [-0.2, -0.15) is 0 Å². The molecule has 2 aromatic rings. The van der Waals surface area contributed by atoms with Crippen LogP contribution in [0.2, 0.25) is 0 Å². The number of hydrogen-bond donors (Lipinski definition) is 2. The van der Waals surface area contributed by atoms with Crippen molar-refractivity contribution in [2.45, 2.75) is 24.2 Å². The number of rotatable bonds is 4. The van der Waals surface area contributed by atoms with Crippen LogP contribution < -0.4 is 10.6 Å². The molecule has 0 aliphatic carbocycles. The average molecular weight is 340 g/mol. The first kappa shape index (κ1) is 16.6. The Balaban J connectivity index is 1.66. The Hall–Kier alpha value is -2.27. The van der Waals surface area contributed by atoms with E-state index in [9.17, 15) is 9.59 Å². The molecule has 5 heteroatoms. The minimum absolute atomic E-state index is 0.00323. The molecule has 1 heterocycles.